The second-order valence-electron chi connectivity index (χ2n) is 9.44. The summed E-state index contributed by atoms with van der Waals surface area (Å²) in [7, 11) is 0. The van der Waals surface area contributed by atoms with Crippen LogP contribution in [0.2, 0.25) is 5.02 Å². The summed E-state index contributed by atoms with van der Waals surface area (Å²) >= 11 is 9.87. The summed E-state index contributed by atoms with van der Waals surface area (Å²) in [6.45, 7) is 8.26. The molecule has 5 nitrogen and oxygen atoms in total. The molecule has 0 radical (unpaired) electrons. The Morgan fingerprint density at radius 1 is 1.12 bits per heavy atom. The van der Waals surface area contributed by atoms with Gasteiger partial charge in [-0.05, 0) is 92.9 Å². The number of alkyl halides is 3. The number of nitrogens with one attached hydrogen (secondary N) is 1. The molecule has 0 aliphatic carbocycles. The third-order valence-corrected chi connectivity index (χ3v) is 6.64. The highest BCUT2D eigenvalue weighted by Gasteiger charge is 2.41. The van der Waals surface area contributed by atoms with Crippen LogP contribution in [-0.4, -0.2) is 27.1 Å². The number of benzene rings is 2. The summed E-state index contributed by atoms with van der Waals surface area (Å²) in [6.07, 6.45) is -3.23. The molecule has 2 aromatic carbocycles. The number of halogens is 5. The Hall–Kier alpha value is -1.97. The van der Waals surface area contributed by atoms with Gasteiger partial charge in [0, 0.05) is 16.2 Å². The molecule has 0 amide bonds. The maximum absolute atomic E-state index is 12.5. The van der Waals surface area contributed by atoms with Crippen LogP contribution in [0.5, 0.6) is 5.75 Å². The van der Waals surface area contributed by atoms with Gasteiger partial charge in [-0.25, -0.2) is 4.98 Å². The molecule has 1 fully saturated rings. The molecule has 1 aliphatic heterocycles. The SMILES string of the molecule is CC1(C)CC(n2c(Nc3ccc(OC(F)(F)F)cc3)nc3cc(Br)c(Cl)cc32)CC(C)(C)O1. The maximum atomic E-state index is 12.5. The van der Waals surface area contributed by atoms with Crippen molar-refractivity contribution in [2.45, 2.75) is 64.1 Å². The Morgan fingerprint density at radius 3 is 2.30 bits per heavy atom. The molecule has 1 N–H and O–H groups in total. The first kappa shape index (κ1) is 24.2. The average Bonchev–Trinajstić information content (AvgIpc) is 2.96. The van der Waals surface area contributed by atoms with Crippen LogP contribution in [0.15, 0.2) is 40.9 Å². The van der Waals surface area contributed by atoms with Gasteiger partial charge in [-0.15, -0.1) is 13.2 Å². The summed E-state index contributed by atoms with van der Waals surface area (Å²) < 4.78 is 50.5. The molecular weight excluding hydrogens is 523 g/mol. The lowest BCUT2D eigenvalue weighted by Gasteiger charge is -2.46. The monoisotopic (exact) mass is 545 g/mol. The third-order valence-electron chi connectivity index (χ3n) is 5.45. The van der Waals surface area contributed by atoms with Gasteiger partial charge in [0.25, 0.3) is 0 Å². The number of hydrogen-bond acceptors (Lipinski definition) is 4. The van der Waals surface area contributed by atoms with Crippen LogP contribution in [0.25, 0.3) is 11.0 Å². The fraction of sp³-hybridized carbons (Fsp3) is 0.435. The van der Waals surface area contributed by atoms with Crippen molar-refractivity contribution in [3.8, 4) is 5.75 Å². The highest BCUT2D eigenvalue weighted by molar-refractivity contribution is 9.10. The van der Waals surface area contributed by atoms with Crippen LogP contribution < -0.4 is 10.1 Å². The zero-order valence-corrected chi connectivity index (χ0v) is 20.9. The molecule has 3 aromatic rings. The van der Waals surface area contributed by atoms with Gasteiger partial charge in [-0.1, -0.05) is 11.6 Å². The number of anilines is 2. The van der Waals surface area contributed by atoms with Crippen molar-refractivity contribution in [3.05, 3.63) is 45.9 Å². The van der Waals surface area contributed by atoms with E-state index in [-0.39, 0.29) is 23.0 Å². The minimum Gasteiger partial charge on any atom is -0.406 e. The van der Waals surface area contributed by atoms with Gasteiger partial charge in [0.15, 0.2) is 0 Å². The zero-order chi connectivity index (χ0) is 24.2. The number of nitrogens with zero attached hydrogens (tertiary/aromatic N) is 2. The van der Waals surface area contributed by atoms with Crippen LogP contribution in [0.4, 0.5) is 24.8 Å². The number of fused-ring (bicyclic) bond motifs is 1. The number of aromatic nitrogens is 2. The summed E-state index contributed by atoms with van der Waals surface area (Å²) in [6, 6.07) is 9.34. The predicted molar refractivity (Wildman–Crippen MR) is 126 cm³/mol. The van der Waals surface area contributed by atoms with Crippen LogP contribution >= 0.6 is 27.5 Å². The number of ether oxygens (including phenoxy) is 2. The minimum absolute atomic E-state index is 0.0568. The Morgan fingerprint density at radius 2 is 1.73 bits per heavy atom. The lowest BCUT2D eigenvalue weighted by Crippen LogP contribution is -2.45. The van der Waals surface area contributed by atoms with Crippen LogP contribution in [0.3, 0.4) is 0 Å². The van der Waals surface area contributed by atoms with Gasteiger partial charge in [-0.2, -0.15) is 0 Å². The Balaban J connectivity index is 1.75. The molecule has 1 aliphatic rings. The fourth-order valence-electron chi connectivity index (χ4n) is 4.64. The first-order valence-electron chi connectivity index (χ1n) is 10.4. The highest BCUT2D eigenvalue weighted by Crippen LogP contribution is 2.44. The molecule has 4 rings (SSSR count). The van der Waals surface area contributed by atoms with Crippen LogP contribution in [0.1, 0.15) is 46.6 Å². The van der Waals surface area contributed by atoms with Crippen LogP contribution in [-0.2, 0) is 4.74 Å². The van der Waals surface area contributed by atoms with Crippen LogP contribution in [0, 0.1) is 0 Å². The number of hydrogen-bond donors (Lipinski definition) is 1. The molecule has 10 heteroatoms. The van der Waals surface area contributed by atoms with Gasteiger partial charge in [0.1, 0.15) is 5.75 Å². The average molecular weight is 547 g/mol. The standard InChI is InChI=1S/C23H24BrClF3N3O2/c1-21(2)11-14(12-22(3,4)33-21)31-19-10-17(25)16(24)9-18(19)30-20(31)29-13-5-7-15(8-6-13)32-23(26,27)28/h5-10,14H,11-12H2,1-4H3,(H,29,30). The molecule has 0 saturated carbocycles. The fourth-order valence-corrected chi connectivity index (χ4v) is 5.13. The molecular formula is C23H24BrClF3N3O2. The molecule has 178 valence electrons. The maximum Gasteiger partial charge on any atom is 0.573 e. The summed E-state index contributed by atoms with van der Waals surface area (Å²) in [5, 5.41) is 3.82. The Kier molecular flexibility index (Phi) is 6.12. The lowest BCUT2D eigenvalue weighted by atomic mass is 9.85. The molecule has 33 heavy (non-hydrogen) atoms. The number of rotatable bonds is 4. The van der Waals surface area contributed by atoms with E-state index < -0.39 is 6.36 Å². The number of imidazole rings is 1. The summed E-state index contributed by atoms with van der Waals surface area (Å²) in [5.41, 5.74) is 1.48. The van der Waals surface area contributed by atoms with Gasteiger partial charge in [-0.3, -0.25) is 0 Å². The van der Waals surface area contributed by atoms with E-state index in [0.717, 1.165) is 28.3 Å². The smallest absolute Gasteiger partial charge is 0.406 e. The van der Waals surface area contributed by atoms with Crippen molar-refractivity contribution in [1.82, 2.24) is 9.55 Å². The van der Waals surface area contributed by atoms with Gasteiger partial charge >= 0.3 is 6.36 Å². The van der Waals surface area contributed by atoms with Gasteiger partial charge in [0.2, 0.25) is 5.95 Å². The van der Waals surface area contributed by atoms with Crippen molar-refractivity contribution < 1.29 is 22.6 Å². The van der Waals surface area contributed by atoms with E-state index in [1.807, 2.05) is 12.1 Å². The lowest BCUT2D eigenvalue weighted by molar-refractivity contribution is -0.274. The van der Waals surface area contributed by atoms with E-state index in [1.54, 1.807) is 0 Å². The van der Waals surface area contributed by atoms with Crippen molar-refractivity contribution in [2.75, 3.05) is 5.32 Å². The predicted octanol–water partition coefficient (Wildman–Crippen LogP) is 8.00. The normalized spacial score (nSPS) is 18.5. The topological polar surface area (TPSA) is 48.3 Å². The van der Waals surface area contributed by atoms with E-state index in [4.69, 9.17) is 21.3 Å². The Bertz CT molecular complexity index is 1160. The molecule has 0 atom stereocenters. The molecule has 1 saturated heterocycles. The second-order valence-corrected chi connectivity index (χ2v) is 10.7. The molecule has 0 unspecified atom stereocenters. The van der Waals surface area contributed by atoms with Crippen molar-refractivity contribution in [2.24, 2.45) is 0 Å². The minimum atomic E-state index is -4.74. The van der Waals surface area contributed by atoms with E-state index in [0.29, 0.717) is 16.7 Å². The largest absolute Gasteiger partial charge is 0.573 e. The van der Waals surface area contributed by atoms with E-state index >= 15 is 0 Å². The molecule has 0 spiro atoms. The van der Waals surface area contributed by atoms with E-state index in [9.17, 15) is 13.2 Å². The quantitative estimate of drug-likeness (QED) is 0.360. The second kappa shape index (κ2) is 8.36. The zero-order valence-electron chi connectivity index (χ0n) is 18.6. The summed E-state index contributed by atoms with van der Waals surface area (Å²) in [4.78, 5) is 4.77. The first-order valence-corrected chi connectivity index (χ1v) is 11.6. The van der Waals surface area contributed by atoms with Crippen molar-refractivity contribution >= 4 is 50.2 Å². The van der Waals surface area contributed by atoms with E-state index in [2.05, 4.69) is 58.2 Å². The molecule has 0 bridgehead atoms. The first-order chi connectivity index (χ1) is 15.2. The van der Waals surface area contributed by atoms with Gasteiger partial charge < -0.3 is 19.4 Å². The van der Waals surface area contributed by atoms with Crippen molar-refractivity contribution in [3.63, 3.8) is 0 Å². The van der Waals surface area contributed by atoms with Gasteiger partial charge in [0.05, 0.1) is 27.3 Å². The molecule has 1 aromatic heterocycles. The van der Waals surface area contributed by atoms with Crippen molar-refractivity contribution in [1.29, 1.82) is 0 Å². The Labute approximate surface area is 203 Å². The third kappa shape index (κ3) is 5.58. The summed E-state index contributed by atoms with van der Waals surface area (Å²) in [5.74, 6) is 0.285. The molecule has 2 heterocycles. The van der Waals surface area contributed by atoms with E-state index in [1.165, 1.54) is 24.3 Å². The highest BCUT2D eigenvalue weighted by atomic mass is 79.9.